The first-order valence-corrected chi connectivity index (χ1v) is 13.6. The minimum atomic E-state index is -0.151. The maximum Gasteiger partial charge on any atom is 0.163 e. The molecule has 1 aliphatic heterocycles. The number of pyridine rings is 2. The first-order chi connectivity index (χ1) is 17.4. The van der Waals surface area contributed by atoms with Gasteiger partial charge in [-0.05, 0) is 88.7 Å². The number of aromatic nitrogens is 2. The number of hydrogen-bond donors (Lipinski definition) is 2. The lowest BCUT2D eigenvalue weighted by molar-refractivity contribution is 0.101. The molecule has 0 bridgehead atoms. The molecule has 0 radical (unpaired) electrons. The van der Waals surface area contributed by atoms with E-state index in [1.165, 1.54) is 51.7 Å². The smallest absolute Gasteiger partial charge is 0.163 e. The van der Waals surface area contributed by atoms with Gasteiger partial charge in [0.05, 0.1) is 32.5 Å². The number of rotatable bonds is 6. The van der Waals surface area contributed by atoms with Crippen LogP contribution in [-0.2, 0) is 0 Å². The molecular formula is C28H32Cl2N4O2. The minimum Gasteiger partial charge on any atom is -0.505 e. The van der Waals surface area contributed by atoms with Gasteiger partial charge in [-0.2, -0.15) is 0 Å². The predicted octanol–water partition coefficient (Wildman–Crippen LogP) is 6.97. The van der Waals surface area contributed by atoms with Crippen LogP contribution in [0.5, 0.6) is 5.75 Å². The van der Waals surface area contributed by atoms with E-state index in [0.29, 0.717) is 27.9 Å². The summed E-state index contributed by atoms with van der Waals surface area (Å²) >= 11 is 12.3. The summed E-state index contributed by atoms with van der Waals surface area (Å²) in [5.74, 6) is 0.548. The number of phenols is 1. The van der Waals surface area contributed by atoms with Gasteiger partial charge in [0.1, 0.15) is 5.52 Å². The Kier molecular flexibility index (Phi) is 7.65. The Morgan fingerprint density at radius 2 is 1.78 bits per heavy atom. The maximum atomic E-state index is 12.5. The van der Waals surface area contributed by atoms with Crippen LogP contribution in [-0.4, -0.2) is 51.4 Å². The highest BCUT2D eigenvalue weighted by Gasteiger charge is 2.25. The molecule has 8 heteroatoms. The van der Waals surface area contributed by atoms with Crippen molar-refractivity contribution in [2.75, 3.05) is 25.0 Å². The number of hydrogen-bond acceptors (Lipinski definition) is 6. The summed E-state index contributed by atoms with van der Waals surface area (Å²) in [6.45, 7) is 5.27. The molecule has 0 unspecified atom stereocenters. The third-order valence-electron chi connectivity index (χ3n) is 7.57. The lowest BCUT2D eigenvalue weighted by atomic mass is 9.85. The molecule has 3 heterocycles. The lowest BCUT2D eigenvalue weighted by Gasteiger charge is -2.35. The summed E-state index contributed by atoms with van der Waals surface area (Å²) < 4.78 is 0. The van der Waals surface area contributed by atoms with E-state index in [9.17, 15) is 9.90 Å². The Balaban J connectivity index is 1.40. The van der Waals surface area contributed by atoms with Crippen LogP contribution < -0.4 is 5.32 Å². The number of carbonyl (C=O) groups is 1. The number of likely N-dealkylation sites (tertiary alicyclic amines) is 1. The molecular weight excluding hydrogens is 495 g/mol. The highest BCUT2D eigenvalue weighted by atomic mass is 35.5. The molecule has 36 heavy (non-hydrogen) atoms. The summed E-state index contributed by atoms with van der Waals surface area (Å²) in [6.07, 6.45) is 10.2. The van der Waals surface area contributed by atoms with Crippen molar-refractivity contribution in [2.24, 2.45) is 5.92 Å². The number of anilines is 1. The van der Waals surface area contributed by atoms with Crippen LogP contribution >= 0.6 is 23.2 Å². The van der Waals surface area contributed by atoms with Gasteiger partial charge in [-0.1, -0.05) is 29.6 Å². The van der Waals surface area contributed by atoms with Crippen molar-refractivity contribution in [1.29, 1.82) is 0 Å². The molecule has 3 aromatic rings. The number of nitrogens with zero attached hydrogens (tertiary/aromatic N) is 3. The molecule has 2 N–H and O–H groups in total. The first-order valence-electron chi connectivity index (χ1n) is 12.9. The Bertz CT molecular complexity index is 1240. The topological polar surface area (TPSA) is 78.3 Å². The molecule has 1 aliphatic carbocycles. The van der Waals surface area contributed by atoms with E-state index in [4.69, 9.17) is 28.2 Å². The van der Waals surface area contributed by atoms with Crippen molar-refractivity contribution in [2.45, 2.75) is 57.9 Å². The van der Waals surface area contributed by atoms with Crippen molar-refractivity contribution in [3.63, 3.8) is 0 Å². The first kappa shape index (κ1) is 25.2. The van der Waals surface area contributed by atoms with Crippen molar-refractivity contribution in [1.82, 2.24) is 14.9 Å². The molecule has 0 spiro atoms. The number of aromatic hydroxyl groups is 1. The largest absolute Gasteiger partial charge is 0.505 e. The zero-order chi connectivity index (χ0) is 25.2. The summed E-state index contributed by atoms with van der Waals surface area (Å²) in [4.78, 5) is 24.5. The van der Waals surface area contributed by atoms with Gasteiger partial charge in [0, 0.05) is 24.3 Å². The monoisotopic (exact) mass is 526 g/mol. The fourth-order valence-corrected chi connectivity index (χ4v) is 6.04. The van der Waals surface area contributed by atoms with Gasteiger partial charge in [-0.25, -0.2) is 4.98 Å². The van der Waals surface area contributed by atoms with Crippen LogP contribution in [0.15, 0.2) is 30.5 Å². The molecule has 1 saturated carbocycles. The molecule has 2 aromatic heterocycles. The van der Waals surface area contributed by atoms with Crippen LogP contribution in [0.3, 0.4) is 0 Å². The van der Waals surface area contributed by atoms with Gasteiger partial charge in [0.25, 0.3) is 0 Å². The second-order valence-electron chi connectivity index (χ2n) is 10.2. The van der Waals surface area contributed by atoms with Gasteiger partial charge in [-0.15, -0.1) is 0 Å². The molecule has 1 aromatic carbocycles. The van der Waals surface area contributed by atoms with Gasteiger partial charge < -0.3 is 15.3 Å². The van der Waals surface area contributed by atoms with Gasteiger partial charge in [0.15, 0.2) is 11.5 Å². The molecule has 0 atom stereocenters. The number of benzene rings is 1. The third kappa shape index (κ3) is 5.46. The summed E-state index contributed by atoms with van der Waals surface area (Å²) in [5.41, 5.74) is 3.97. The average molecular weight is 527 g/mol. The molecule has 2 aliphatic rings. The number of ketones is 1. The predicted molar refractivity (Wildman–Crippen MR) is 146 cm³/mol. The highest BCUT2D eigenvalue weighted by molar-refractivity contribution is 6.37. The van der Waals surface area contributed by atoms with E-state index in [-0.39, 0.29) is 27.6 Å². The van der Waals surface area contributed by atoms with E-state index in [1.54, 1.807) is 25.3 Å². The zero-order valence-electron chi connectivity index (χ0n) is 20.6. The minimum absolute atomic E-state index is 0.0476. The van der Waals surface area contributed by atoms with E-state index in [1.807, 2.05) is 12.1 Å². The second kappa shape index (κ2) is 10.9. The Labute approximate surface area is 222 Å². The summed E-state index contributed by atoms with van der Waals surface area (Å²) in [5, 5.41) is 13.9. The Morgan fingerprint density at radius 1 is 1.08 bits per heavy atom. The van der Waals surface area contributed by atoms with E-state index in [2.05, 4.69) is 15.2 Å². The second-order valence-corrected chi connectivity index (χ2v) is 11.0. The van der Waals surface area contributed by atoms with Crippen molar-refractivity contribution in [3.05, 3.63) is 46.1 Å². The Hall–Kier alpha value is -2.41. The standard InChI is InChI=1S/C28H32Cl2N4O2/c1-17(35)21-15-31-25-10-9-24(19-13-22(29)28(36)23(30)14-19)33-27(25)26(21)32-20-7-5-18(6-8-20)16-34-11-3-2-4-12-34/h9-10,13-15,18,20,36H,2-8,11-12,16H2,1H3,(H,31,32). The maximum absolute atomic E-state index is 12.5. The number of phenolic OH excluding ortho intramolecular Hbond substituents is 1. The molecule has 5 rings (SSSR count). The average Bonchev–Trinajstić information content (AvgIpc) is 2.88. The van der Waals surface area contributed by atoms with Crippen LogP contribution in [0.25, 0.3) is 22.3 Å². The van der Waals surface area contributed by atoms with Gasteiger partial charge >= 0.3 is 0 Å². The SMILES string of the molecule is CC(=O)c1cnc2ccc(-c3cc(Cl)c(O)c(Cl)c3)nc2c1NC1CCC(CN2CCCCC2)CC1. The molecule has 2 fully saturated rings. The zero-order valence-corrected chi connectivity index (χ0v) is 22.1. The van der Waals surface area contributed by atoms with Crippen molar-refractivity contribution >= 4 is 45.7 Å². The van der Waals surface area contributed by atoms with Crippen LogP contribution in [0.2, 0.25) is 10.0 Å². The quantitative estimate of drug-likeness (QED) is 0.337. The summed E-state index contributed by atoms with van der Waals surface area (Å²) in [7, 11) is 0. The third-order valence-corrected chi connectivity index (χ3v) is 8.14. The van der Waals surface area contributed by atoms with Gasteiger partial charge in [-0.3, -0.25) is 9.78 Å². The van der Waals surface area contributed by atoms with Crippen LogP contribution in [0.1, 0.15) is 62.2 Å². The number of piperidine rings is 1. The summed E-state index contributed by atoms with van der Waals surface area (Å²) in [6, 6.07) is 7.29. The Morgan fingerprint density at radius 3 is 2.44 bits per heavy atom. The number of halogens is 2. The molecule has 1 saturated heterocycles. The van der Waals surface area contributed by atoms with E-state index < -0.39 is 0 Å². The van der Waals surface area contributed by atoms with Crippen LogP contribution in [0.4, 0.5) is 5.69 Å². The van der Waals surface area contributed by atoms with Crippen molar-refractivity contribution < 1.29 is 9.90 Å². The number of nitrogens with one attached hydrogen (secondary N) is 1. The number of carbonyl (C=O) groups excluding carboxylic acids is 1. The molecule has 6 nitrogen and oxygen atoms in total. The highest BCUT2D eigenvalue weighted by Crippen LogP contribution is 2.37. The molecule has 190 valence electrons. The number of fused-ring (bicyclic) bond motifs is 1. The normalized spacial score (nSPS) is 21.0. The van der Waals surface area contributed by atoms with E-state index in [0.717, 1.165) is 24.4 Å². The van der Waals surface area contributed by atoms with E-state index >= 15 is 0 Å². The molecule has 0 amide bonds. The van der Waals surface area contributed by atoms with Gasteiger partial charge in [0.2, 0.25) is 0 Å². The van der Waals surface area contributed by atoms with Crippen molar-refractivity contribution in [3.8, 4) is 17.0 Å². The number of Topliss-reactive ketones (excluding diaryl/α,β-unsaturated/α-hetero) is 1. The lowest BCUT2D eigenvalue weighted by Crippen LogP contribution is -2.37. The fraction of sp³-hybridized carbons (Fsp3) is 0.464. The van der Waals surface area contributed by atoms with Crippen LogP contribution in [0, 0.1) is 5.92 Å². The fourth-order valence-electron chi connectivity index (χ4n) is 5.55.